The molecule has 0 unspecified atom stereocenters. The van der Waals surface area contributed by atoms with Crippen LogP contribution in [0.3, 0.4) is 0 Å². The number of unbranched alkanes of at least 4 members (excludes halogenated alkanes) is 7. The minimum atomic E-state index is -0.420. The van der Waals surface area contributed by atoms with Gasteiger partial charge in [0.05, 0.1) is 6.61 Å². The van der Waals surface area contributed by atoms with Gasteiger partial charge in [-0.15, -0.1) is 0 Å². The topological polar surface area (TPSA) is 35.2 Å². The normalized spacial score (nSPS) is 10.6. The van der Waals surface area contributed by atoms with Crippen molar-refractivity contribution in [3.63, 3.8) is 0 Å². The third-order valence-electron chi connectivity index (χ3n) is 3.47. The van der Waals surface area contributed by atoms with Crippen molar-refractivity contribution in [2.24, 2.45) is 5.73 Å². The number of halogens is 1. The Morgan fingerprint density at radius 1 is 1.10 bits per heavy atom. The Balaban J connectivity index is 2.13. The van der Waals surface area contributed by atoms with Crippen molar-refractivity contribution in [1.29, 1.82) is 0 Å². The molecule has 0 atom stereocenters. The van der Waals surface area contributed by atoms with Crippen molar-refractivity contribution >= 4 is 17.2 Å². The van der Waals surface area contributed by atoms with Crippen LogP contribution >= 0.6 is 12.2 Å². The zero-order chi connectivity index (χ0) is 15.5. The number of benzene rings is 1. The predicted octanol–water partition coefficient (Wildman–Crippen LogP) is 4.98. The fourth-order valence-corrected chi connectivity index (χ4v) is 2.38. The lowest BCUT2D eigenvalue weighted by molar-refractivity contribution is 0.303. The lowest BCUT2D eigenvalue weighted by Gasteiger charge is -2.08. The highest BCUT2D eigenvalue weighted by molar-refractivity contribution is 7.80. The molecule has 21 heavy (non-hydrogen) atoms. The monoisotopic (exact) mass is 311 g/mol. The van der Waals surface area contributed by atoms with E-state index in [2.05, 4.69) is 6.92 Å². The van der Waals surface area contributed by atoms with Gasteiger partial charge in [0, 0.05) is 11.6 Å². The first-order chi connectivity index (χ1) is 10.1. The van der Waals surface area contributed by atoms with Crippen LogP contribution in [0.4, 0.5) is 4.39 Å². The largest absolute Gasteiger partial charge is 0.493 e. The molecule has 4 heteroatoms. The van der Waals surface area contributed by atoms with E-state index in [0.717, 1.165) is 6.42 Å². The SMILES string of the molecule is CCCCCCCCCCOc1ccc(C(N)=S)c(F)c1. The van der Waals surface area contributed by atoms with E-state index in [9.17, 15) is 4.39 Å². The summed E-state index contributed by atoms with van der Waals surface area (Å²) in [6.07, 6.45) is 10.0. The van der Waals surface area contributed by atoms with Crippen LogP contribution in [-0.4, -0.2) is 11.6 Å². The number of hydrogen-bond acceptors (Lipinski definition) is 2. The Bertz CT molecular complexity index is 437. The van der Waals surface area contributed by atoms with Gasteiger partial charge in [0.2, 0.25) is 0 Å². The zero-order valence-corrected chi connectivity index (χ0v) is 13.7. The molecular weight excluding hydrogens is 285 g/mol. The van der Waals surface area contributed by atoms with Crippen molar-refractivity contribution in [1.82, 2.24) is 0 Å². The number of hydrogen-bond donors (Lipinski definition) is 1. The van der Waals surface area contributed by atoms with Crippen LogP contribution in [0, 0.1) is 5.82 Å². The molecule has 2 N–H and O–H groups in total. The highest BCUT2D eigenvalue weighted by Crippen LogP contribution is 2.17. The molecule has 0 heterocycles. The lowest BCUT2D eigenvalue weighted by atomic mass is 10.1. The average Bonchev–Trinajstić information content (AvgIpc) is 2.45. The maximum Gasteiger partial charge on any atom is 0.137 e. The molecule has 1 aromatic carbocycles. The summed E-state index contributed by atoms with van der Waals surface area (Å²) in [4.78, 5) is 0.0714. The Hall–Kier alpha value is -1.16. The quantitative estimate of drug-likeness (QED) is 0.462. The van der Waals surface area contributed by atoms with Gasteiger partial charge in [-0.2, -0.15) is 0 Å². The van der Waals surface area contributed by atoms with E-state index >= 15 is 0 Å². The van der Waals surface area contributed by atoms with Crippen LogP contribution in [-0.2, 0) is 0 Å². The molecule has 0 spiro atoms. The summed E-state index contributed by atoms with van der Waals surface area (Å²) in [7, 11) is 0. The molecule has 0 saturated heterocycles. The Morgan fingerprint density at radius 3 is 2.29 bits per heavy atom. The van der Waals surface area contributed by atoms with E-state index in [-0.39, 0.29) is 10.6 Å². The Kier molecular flexibility index (Phi) is 8.99. The molecule has 0 bridgehead atoms. The van der Waals surface area contributed by atoms with Gasteiger partial charge in [0.25, 0.3) is 0 Å². The summed E-state index contributed by atoms with van der Waals surface area (Å²) in [6, 6.07) is 4.63. The first-order valence-corrected chi connectivity index (χ1v) is 8.28. The average molecular weight is 311 g/mol. The molecule has 1 aromatic rings. The first kappa shape index (κ1) is 17.9. The molecule has 0 radical (unpaired) electrons. The summed E-state index contributed by atoms with van der Waals surface area (Å²) in [5.74, 6) is 0.117. The Labute approximate surface area is 132 Å². The molecule has 0 aliphatic carbocycles. The third-order valence-corrected chi connectivity index (χ3v) is 3.69. The molecule has 1 rings (SSSR count). The van der Waals surface area contributed by atoms with Gasteiger partial charge in [0.15, 0.2) is 0 Å². The number of thiocarbonyl (C=S) groups is 1. The minimum Gasteiger partial charge on any atom is -0.493 e. The smallest absolute Gasteiger partial charge is 0.137 e. The molecule has 0 aromatic heterocycles. The molecule has 0 amide bonds. The second-order valence-corrected chi connectivity index (χ2v) is 5.77. The standard InChI is InChI=1S/C17H26FNOS/c1-2-3-4-5-6-7-8-9-12-20-14-10-11-15(17(19)21)16(18)13-14/h10-11,13H,2-9,12H2,1H3,(H2,19,21). The van der Waals surface area contributed by atoms with Gasteiger partial charge in [-0.25, -0.2) is 4.39 Å². The zero-order valence-electron chi connectivity index (χ0n) is 12.9. The molecule has 0 aliphatic heterocycles. The highest BCUT2D eigenvalue weighted by Gasteiger charge is 2.06. The van der Waals surface area contributed by atoms with Crippen molar-refractivity contribution < 1.29 is 9.13 Å². The maximum atomic E-state index is 13.6. The number of nitrogens with two attached hydrogens (primary N) is 1. The van der Waals surface area contributed by atoms with Crippen LogP contribution in [0.5, 0.6) is 5.75 Å². The highest BCUT2D eigenvalue weighted by atomic mass is 32.1. The van der Waals surface area contributed by atoms with Gasteiger partial charge in [-0.3, -0.25) is 0 Å². The fraction of sp³-hybridized carbons (Fsp3) is 0.588. The minimum absolute atomic E-state index is 0.0714. The second kappa shape index (κ2) is 10.6. The fourth-order valence-electron chi connectivity index (χ4n) is 2.21. The van der Waals surface area contributed by atoms with E-state index in [0.29, 0.717) is 12.4 Å². The number of ether oxygens (including phenoxy) is 1. The lowest BCUT2D eigenvalue weighted by Crippen LogP contribution is -2.11. The van der Waals surface area contributed by atoms with Gasteiger partial charge in [0.1, 0.15) is 16.6 Å². The van der Waals surface area contributed by atoms with E-state index < -0.39 is 5.82 Å². The van der Waals surface area contributed by atoms with Crippen LogP contribution in [0.15, 0.2) is 18.2 Å². The first-order valence-electron chi connectivity index (χ1n) is 7.87. The van der Waals surface area contributed by atoms with Gasteiger partial charge in [-0.1, -0.05) is 64.1 Å². The molecular formula is C17H26FNOS. The van der Waals surface area contributed by atoms with Crippen molar-refractivity contribution in [3.05, 3.63) is 29.6 Å². The molecule has 118 valence electrons. The van der Waals surface area contributed by atoms with Crippen LogP contribution < -0.4 is 10.5 Å². The van der Waals surface area contributed by atoms with Crippen molar-refractivity contribution in [3.8, 4) is 5.75 Å². The maximum absolute atomic E-state index is 13.6. The van der Waals surface area contributed by atoms with Crippen LogP contribution in [0.1, 0.15) is 63.9 Å². The second-order valence-electron chi connectivity index (χ2n) is 5.33. The summed E-state index contributed by atoms with van der Waals surface area (Å²) in [5.41, 5.74) is 5.68. The molecule has 0 fully saturated rings. The van der Waals surface area contributed by atoms with Gasteiger partial charge < -0.3 is 10.5 Å². The van der Waals surface area contributed by atoms with Gasteiger partial charge >= 0.3 is 0 Å². The summed E-state index contributed by atoms with van der Waals surface area (Å²) < 4.78 is 19.2. The Morgan fingerprint density at radius 2 is 1.71 bits per heavy atom. The molecule has 0 aliphatic rings. The third kappa shape index (κ3) is 7.42. The predicted molar refractivity (Wildman–Crippen MR) is 90.4 cm³/mol. The van der Waals surface area contributed by atoms with E-state index in [1.807, 2.05) is 0 Å². The molecule has 0 saturated carbocycles. The van der Waals surface area contributed by atoms with Crippen LogP contribution in [0.25, 0.3) is 0 Å². The van der Waals surface area contributed by atoms with Crippen molar-refractivity contribution in [2.45, 2.75) is 58.3 Å². The number of rotatable bonds is 11. The summed E-state index contributed by atoms with van der Waals surface area (Å²) in [6.45, 7) is 2.86. The molecule has 2 nitrogen and oxygen atoms in total. The van der Waals surface area contributed by atoms with E-state index in [4.69, 9.17) is 22.7 Å². The van der Waals surface area contributed by atoms with Gasteiger partial charge in [-0.05, 0) is 18.6 Å². The van der Waals surface area contributed by atoms with E-state index in [1.54, 1.807) is 12.1 Å². The summed E-state index contributed by atoms with van der Waals surface area (Å²) >= 11 is 4.76. The van der Waals surface area contributed by atoms with Crippen molar-refractivity contribution in [2.75, 3.05) is 6.61 Å². The van der Waals surface area contributed by atoms with Crippen LogP contribution in [0.2, 0.25) is 0 Å². The van der Waals surface area contributed by atoms with E-state index in [1.165, 1.54) is 51.0 Å². The summed E-state index contributed by atoms with van der Waals surface area (Å²) in [5, 5.41) is 0.